The van der Waals surface area contributed by atoms with Gasteiger partial charge >= 0.3 is 0 Å². The molecule has 156 valence electrons. The van der Waals surface area contributed by atoms with E-state index in [-0.39, 0.29) is 11.8 Å². The first-order valence-corrected chi connectivity index (χ1v) is 10.3. The first-order valence-electron chi connectivity index (χ1n) is 10.3. The fourth-order valence-electron chi connectivity index (χ4n) is 3.64. The van der Waals surface area contributed by atoms with E-state index in [1.54, 1.807) is 4.68 Å². The third kappa shape index (κ3) is 4.02. The molecular weight excluding hydrogens is 392 g/mol. The van der Waals surface area contributed by atoms with Crippen LogP contribution in [0.2, 0.25) is 0 Å². The molecule has 0 unspecified atom stereocenters. The number of benzene rings is 2. The Labute approximate surface area is 179 Å². The van der Waals surface area contributed by atoms with Gasteiger partial charge in [-0.3, -0.25) is 10.1 Å². The van der Waals surface area contributed by atoms with Gasteiger partial charge in [-0.05, 0) is 31.4 Å². The number of hydrogen-bond donors (Lipinski definition) is 2. The van der Waals surface area contributed by atoms with E-state index in [9.17, 15) is 4.79 Å². The van der Waals surface area contributed by atoms with Gasteiger partial charge in [0.25, 0.3) is 5.91 Å². The molecule has 2 N–H and O–H groups in total. The van der Waals surface area contributed by atoms with Crippen molar-refractivity contribution in [1.29, 1.82) is 0 Å². The highest BCUT2D eigenvalue weighted by Gasteiger charge is 2.21. The smallest absolute Gasteiger partial charge is 0.297 e. The molecule has 1 amide bonds. The van der Waals surface area contributed by atoms with Crippen molar-refractivity contribution in [2.24, 2.45) is 0 Å². The number of aromatic amines is 1. The molecule has 0 bridgehead atoms. The zero-order chi connectivity index (χ0) is 21.0. The van der Waals surface area contributed by atoms with Crippen LogP contribution < -0.4 is 10.2 Å². The van der Waals surface area contributed by atoms with Crippen LogP contribution in [0.3, 0.4) is 0 Å². The topological polar surface area (TPSA) is 105 Å². The van der Waals surface area contributed by atoms with Gasteiger partial charge in [0.05, 0.1) is 5.69 Å². The van der Waals surface area contributed by atoms with E-state index in [1.165, 1.54) is 6.42 Å². The number of nitrogens with zero attached hydrogens (tertiary/aromatic N) is 6. The van der Waals surface area contributed by atoms with E-state index in [4.69, 9.17) is 0 Å². The molecule has 0 saturated carbocycles. The fraction of sp³-hybridized carbons (Fsp3) is 0.227. The highest BCUT2D eigenvalue weighted by Crippen LogP contribution is 2.21. The van der Waals surface area contributed by atoms with Gasteiger partial charge in [0, 0.05) is 18.7 Å². The molecule has 0 spiro atoms. The highest BCUT2D eigenvalue weighted by atomic mass is 16.2. The van der Waals surface area contributed by atoms with Crippen molar-refractivity contribution in [1.82, 2.24) is 29.9 Å². The largest absolute Gasteiger partial charge is 0.340 e. The number of amides is 1. The van der Waals surface area contributed by atoms with Crippen molar-refractivity contribution in [2.45, 2.75) is 19.3 Å². The number of para-hydroxylation sites is 1. The molecule has 0 atom stereocenters. The number of H-pyrrole nitrogens is 1. The van der Waals surface area contributed by atoms with Crippen LogP contribution in [0, 0.1) is 0 Å². The normalized spacial score (nSPS) is 13.9. The molecule has 31 heavy (non-hydrogen) atoms. The zero-order valence-electron chi connectivity index (χ0n) is 16.9. The molecule has 3 heterocycles. The molecule has 5 rings (SSSR count). The summed E-state index contributed by atoms with van der Waals surface area (Å²) in [6.07, 6.45) is 3.47. The average Bonchev–Trinajstić information content (AvgIpc) is 3.49. The first kappa shape index (κ1) is 19.0. The lowest BCUT2D eigenvalue weighted by molar-refractivity contribution is 0.101. The molecule has 4 aromatic rings. The first-order chi connectivity index (χ1) is 15.3. The minimum atomic E-state index is -0.451. The van der Waals surface area contributed by atoms with Crippen molar-refractivity contribution in [2.75, 3.05) is 23.3 Å². The number of carbonyl (C=O) groups excluding carboxylic acids is 1. The standard InChI is InChI=1S/C22H22N8O/c31-20(24-21-25-22(27-26-21)29-14-8-3-9-15-29)18-23-19(16-10-4-1-5-11-16)30(28-18)17-12-6-2-7-13-17/h1-2,4-7,10-13H,3,8-9,14-15H2,(H2,24,25,26,27,31). The monoisotopic (exact) mass is 414 g/mol. The van der Waals surface area contributed by atoms with Gasteiger partial charge in [0.1, 0.15) is 0 Å². The lowest BCUT2D eigenvalue weighted by Crippen LogP contribution is -2.30. The number of piperidine rings is 1. The van der Waals surface area contributed by atoms with Gasteiger partial charge in [-0.1, -0.05) is 48.5 Å². The minimum Gasteiger partial charge on any atom is -0.340 e. The van der Waals surface area contributed by atoms with Crippen molar-refractivity contribution in [3.8, 4) is 17.1 Å². The molecule has 0 radical (unpaired) electrons. The third-order valence-electron chi connectivity index (χ3n) is 5.19. The highest BCUT2D eigenvalue weighted by molar-refractivity contribution is 6.00. The van der Waals surface area contributed by atoms with Gasteiger partial charge in [-0.2, -0.15) is 4.98 Å². The SMILES string of the molecule is O=C(Nc1nc(N2CCCCC2)n[nH]1)c1nc(-c2ccccc2)n(-c2ccccc2)n1. The Bertz CT molecular complexity index is 1110. The van der Waals surface area contributed by atoms with E-state index in [0.717, 1.165) is 37.2 Å². The summed E-state index contributed by atoms with van der Waals surface area (Å²) in [6, 6.07) is 19.3. The maximum Gasteiger partial charge on any atom is 0.297 e. The predicted octanol–water partition coefficient (Wildman–Crippen LogP) is 3.30. The number of nitrogens with one attached hydrogen (secondary N) is 2. The molecule has 2 aromatic heterocycles. The van der Waals surface area contributed by atoms with Gasteiger partial charge in [-0.25, -0.2) is 14.8 Å². The Kier molecular flexibility index (Phi) is 5.14. The van der Waals surface area contributed by atoms with Gasteiger partial charge in [0.15, 0.2) is 5.82 Å². The lowest BCUT2D eigenvalue weighted by atomic mass is 10.1. The summed E-state index contributed by atoms with van der Waals surface area (Å²) in [7, 11) is 0. The fourth-order valence-corrected chi connectivity index (χ4v) is 3.64. The third-order valence-corrected chi connectivity index (χ3v) is 5.19. The predicted molar refractivity (Wildman–Crippen MR) is 117 cm³/mol. The molecule has 1 fully saturated rings. The molecule has 1 aliphatic heterocycles. The summed E-state index contributed by atoms with van der Waals surface area (Å²) >= 11 is 0. The Morgan fingerprint density at radius 2 is 1.61 bits per heavy atom. The van der Waals surface area contributed by atoms with Crippen molar-refractivity contribution < 1.29 is 4.79 Å². The zero-order valence-corrected chi connectivity index (χ0v) is 16.9. The van der Waals surface area contributed by atoms with E-state index >= 15 is 0 Å². The van der Waals surface area contributed by atoms with Crippen LogP contribution in [0.4, 0.5) is 11.9 Å². The van der Waals surface area contributed by atoms with Crippen LogP contribution in [-0.4, -0.2) is 48.9 Å². The lowest BCUT2D eigenvalue weighted by Gasteiger charge is -2.24. The summed E-state index contributed by atoms with van der Waals surface area (Å²) in [4.78, 5) is 23.9. The van der Waals surface area contributed by atoms with Crippen LogP contribution in [0.1, 0.15) is 29.9 Å². The molecular formula is C22H22N8O. The Morgan fingerprint density at radius 3 is 2.35 bits per heavy atom. The summed E-state index contributed by atoms with van der Waals surface area (Å²) < 4.78 is 1.67. The number of anilines is 2. The second kappa shape index (κ2) is 8.39. The summed E-state index contributed by atoms with van der Waals surface area (Å²) in [5.41, 5.74) is 1.69. The van der Waals surface area contributed by atoms with Gasteiger partial charge < -0.3 is 4.90 Å². The maximum atomic E-state index is 12.9. The van der Waals surface area contributed by atoms with Gasteiger partial charge in [0.2, 0.25) is 17.7 Å². The van der Waals surface area contributed by atoms with E-state index in [0.29, 0.717) is 11.8 Å². The Hall–Kier alpha value is -4.01. The molecule has 1 aliphatic rings. The number of carbonyl (C=O) groups is 1. The van der Waals surface area contributed by atoms with Crippen LogP contribution in [0.5, 0.6) is 0 Å². The molecule has 1 saturated heterocycles. The van der Waals surface area contributed by atoms with Crippen LogP contribution in [0.15, 0.2) is 60.7 Å². The van der Waals surface area contributed by atoms with Crippen molar-refractivity contribution in [3.63, 3.8) is 0 Å². The summed E-state index contributed by atoms with van der Waals surface area (Å²) in [5.74, 6) is 1.07. The van der Waals surface area contributed by atoms with E-state index in [2.05, 4.69) is 35.5 Å². The second-order valence-corrected chi connectivity index (χ2v) is 7.36. The van der Waals surface area contributed by atoms with Gasteiger partial charge in [-0.15, -0.1) is 10.2 Å². The van der Waals surface area contributed by atoms with Crippen LogP contribution in [-0.2, 0) is 0 Å². The summed E-state index contributed by atoms with van der Waals surface area (Å²) in [6.45, 7) is 1.85. The number of aromatic nitrogens is 6. The van der Waals surface area contributed by atoms with E-state index in [1.807, 2.05) is 60.7 Å². The second-order valence-electron chi connectivity index (χ2n) is 7.36. The Morgan fingerprint density at radius 1 is 0.903 bits per heavy atom. The molecule has 9 nitrogen and oxygen atoms in total. The minimum absolute atomic E-state index is 0.0543. The average molecular weight is 414 g/mol. The molecule has 0 aliphatic carbocycles. The van der Waals surface area contributed by atoms with Crippen molar-refractivity contribution >= 4 is 17.8 Å². The Balaban J connectivity index is 1.42. The molecule has 9 heteroatoms. The maximum absolute atomic E-state index is 12.9. The quantitative estimate of drug-likeness (QED) is 0.519. The number of rotatable bonds is 5. The van der Waals surface area contributed by atoms with Crippen LogP contribution >= 0.6 is 0 Å². The van der Waals surface area contributed by atoms with Crippen molar-refractivity contribution in [3.05, 3.63) is 66.5 Å². The summed E-state index contributed by atoms with van der Waals surface area (Å²) in [5, 5.41) is 14.2. The molecule has 2 aromatic carbocycles. The van der Waals surface area contributed by atoms with E-state index < -0.39 is 5.91 Å². The number of hydrogen-bond acceptors (Lipinski definition) is 6. The van der Waals surface area contributed by atoms with Crippen LogP contribution in [0.25, 0.3) is 17.1 Å².